The van der Waals surface area contributed by atoms with Gasteiger partial charge >= 0.3 is 5.97 Å². The number of nitrogens with zero attached hydrogens (tertiary/aromatic N) is 1. The maximum atomic E-state index is 13.0. The molecule has 2 N–H and O–H groups in total. The monoisotopic (exact) mass is 397 g/mol. The van der Waals surface area contributed by atoms with E-state index in [9.17, 15) is 9.59 Å². The molecule has 0 aliphatic carbocycles. The van der Waals surface area contributed by atoms with Crippen molar-refractivity contribution in [1.29, 1.82) is 0 Å². The van der Waals surface area contributed by atoms with Gasteiger partial charge in [0.2, 0.25) is 0 Å². The minimum atomic E-state index is -0.550. The Labute approximate surface area is 168 Å². The maximum Gasteiger partial charge on any atom is 0.336 e. The smallest absolute Gasteiger partial charge is 0.336 e. The molecule has 1 aliphatic rings. The van der Waals surface area contributed by atoms with Crippen LogP contribution in [0.3, 0.4) is 0 Å². The number of carbonyl (C=O) groups is 1. The van der Waals surface area contributed by atoms with E-state index in [0.29, 0.717) is 33.6 Å². The summed E-state index contributed by atoms with van der Waals surface area (Å²) in [5.74, 6) is 0.108. The molecule has 0 fully saturated rings. The number of nitrogens with one attached hydrogen (secondary N) is 2. The minimum absolute atomic E-state index is 0.259. The summed E-state index contributed by atoms with van der Waals surface area (Å²) in [7, 11) is 0. The third-order valence-corrected chi connectivity index (χ3v) is 5.33. The molecule has 2 heterocycles. The Bertz CT molecular complexity index is 993. The van der Waals surface area contributed by atoms with Crippen LogP contribution < -0.4 is 10.9 Å². The zero-order valence-electron chi connectivity index (χ0n) is 16.2. The molecule has 7 heteroatoms. The van der Waals surface area contributed by atoms with Crippen molar-refractivity contribution in [1.82, 2.24) is 9.97 Å². The van der Waals surface area contributed by atoms with Gasteiger partial charge in [-0.05, 0) is 26.3 Å². The number of benzene rings is 1. The van der Waals surface area contributed by atoms with Crippen LogP contribution in [-0.4, -0.2) is 28.3 Å². The van der Waals surface area contributed by atoms with Crippen LogP contribution in [0.25, 0.3) is 0 Å². The van der Waals surface area contributed by atoms with Gasteiger partial charge in [-0.25, -0.2) is 9.78 Å². The number of esters is 1. The lowest BCUT2D eigenvalue weighted by atomic mass is 9.82. The fraction of sp³-hybridized carbons (Fsp3) is 0.286. The lowest BCUT2D eigenvalue weighted by Crippen LogP contribution is -2.31. The molecule has 1 atom stereocenters. The Kier molecular flexibility index (Phi) is 6.04. The normalized spacial score (nSPS) is 15.6. The number of allylic oxidation sites excluding steroid dienone is 1. The largest absolute Gasteiger partial charge is 0.463 e. The van der Waals surface area contributed by atoms with Crippen LogP contribution in [0.5, 0.6) is 0 Å². The standard InChI is InChI=1S/C21H23N3O3S/c1-5-11-28-21-23-18-17(19(25)24-21)16(14-9-7-12(3)8-10-14)15(13(4)22-18)20(26)27-6-2/h5,7-10,16H,1,6,11H2,2-4H3,(H2,22,23,24,25)/t16-/m0/s1. The van der Waals surface area contributed by atoms with Gasteiger partial charge in [0, 0.05) is 11.4 Å². The number of hydrogen-bond acceptors (Lipinski definition) is 6. The molecule has 0 amide bonds. The fourth-order valence-electron chi connectivity index (χ4n) is 3.21. The highest BCUT2D eigenvalue weighted by Crippen LogP contribution is 2.40. The zero-order valence-corrected chi connectivity index (χ0v) is 17.0. The van der Waals surface area contributed by atoms with E-state index in [4.69, 9.17) is 4.74 Å². The second kappa shape index (κ2) is 8.48. The van der Waals surface area contributed by atoms with Crippen LogP contribution in [0.1, 0.15) is 36.5 Å². The molecule has 0 spiro atoms. The molecule has 28 heavy (non-hydrogen) atoms. The number of aromatic amines is 1. The second-order valence-electron chi connectivity index (χ2n) is 6.46. The van der Waals surface area contributed by atoms with Crippen LogP contribution in [0, 0.1) is 6.92 Å². The molecule has 2 aromatic rings. The van der Waals surface area contributed by atoms with Gasteiger partial charge in [-0.1, -0.05) is 47.7 Å². The number of anilines is 1. The topological polar surface area (TPSA) is 84.1 Å². The van der Waals surface area contributed by atoms with Gasteiger partial charge in [0.1, 0.15) is 5.82 Å². The van der Waals surface area contributed by atoms with Gasteiger partial charge in [-0.15, -0.1) is 6.58 Å². The Balaban J connectivity index is 2.19. The second-order valence-corrected chi connectivity index (χ2v) is 7.47. The Morgan fingerprint density at radius 2 is 2.04 bits per heavy atom. The van der Waals surface area contributed by atoms with Crippen LogP contribution in [-0.2, 0) is 9.53 Å². The first kappa shape index (κ1) is 19.9. The first-order valence-corrected chi connectivity index (χ1v) is 10.0. The average molecular weight is 398 g/mol. The summed E-state index contributed by atoms with van der Waals surface area (Å²) in [6.45, 7) is 9.50. The maximum absolute atomic E-state index is 13.0. The number of H-pyrrole nitrogens is 1. The summed E-state index contributed by atoms with van der Waals surface area (Å²) in [6.07, 6.45) is 1.75. The lowest BCUT2D eigenvalue weighted by Gasteiger charge is -2.28. The van der Waals surface area contributed by atoms with E-state index in [2.05, 4.69) is 21.9 Å². The zero-order chi connectivity index (χ0) is 20.3. The van der Waals surface area contributed by atoms with Crippen molar-refractivity contribution in [3.63, 3.8) is 0 Å². The van der Waals surface area contributed by atoms with Crippen LogP contribution >= 0.6 is 11.8 Å². The first-order valence-electron chi connectivity index (χ1n) is 9.05. The Morgan fingerprint density at radius 1 is 1.32 bits per heavy atom. The van der Waals surface area contributed by atoms with Gasteiger partial charge in [-0.3, -0.25) is 4.79 Å². The van der Waals surface area contributed by atoms with Crippen molar-refractivity contribution in [2.45, 2.75) is 31.8 Å². The number of thioether (sulfide) groups is 1. The van der Waals surface area contributed by atoms with Crippen molar-refractivity contribution in [3.8, 4) is 0 Å². The fourth-order valence-corrected chi connectivity index (χ4v) is 3.81. The predicted octanol–water partition coefficient (Wildman–Crippen LogP) is 3.75. The molecule has 0 radical (unpaired) electrons. The van der Waals surface area contributed by atoms with Gasteiger partial charge in [0.15, 0.2) is 5.16 Å². The highest BCUT2D eigenvalue weighted by Gasteiger charge is 2.36. The van der Waals surface area contributed by atoms with E-state index in [1.165, 1.54) is 11.8 Å². The highest BCUT2D eigenvalue weighted by molar-refractivity contribution is 7.99. The summed E-state index contributed by atoms with van der Waals surface area (Å²) in [4.78, 5) is 33.1. The number of hydrogen-bond donors (Lipinski definition) is 2. The number of rotatable bonds is 6. The third kappa shape index (κ3) is 3.89. The number of aromatic nitrogens is 2. The molecular weight excluding hydrogens is 374 g/mol. The molecule has 0 unspecified atom stereocenters. The number of aryl methyl sites for hydroxylation is 1. The molecule has 0 saturated carbocycles. The third-order valence-electron chi connectivity index (χ3n) is 4.46. The van der Waals surface area contributed by atoms with E-state index in [-0.39, 0.29) is 12.2 Å². The highest BCUT2D eigenvalue weighted by atomic mass is 32.2. The number of carbonyl (C=O) groups excluding carboxylic acids is 1. The molecule has 1 aromatic carbocycles. The minimum Gasteiger partial charge on any atom is -0.463 e. The lowest BCUT2D eigenvalue weighted by molar-refractivity contribution is -0.138. The molecule has 1 aliphatic heterocycles. The van der Waals surface area contributed by atoms with Gasteiger partial charge in [0.25, 0.3) is 5.56 Å². The van der Waals surface area contributed by atoms with Crippen molar-refractivity contribution in [2.24, 2.45) is 0 Å². The number of ether oxygens (including phenoxy) is 1. The van der Waals surface area contributed by atoms with Crippen molar-refractivity contribution < 1.29 is 9.53 Å². The van der Waals surface area contributed by atoms with Crippen molar-refractivity contribution >= 4 is 23.5 Å². The molecule has 0 saturated heterocycles. The van der Waals surface area contributed by atoms with Crippen molar-refractivity contribution in [3.05, 3.63) is 75.2 Å². The van der Waals surface area contributed by atoms with E-state index < -0.39 is 11.9 Å². The SMILES string of the molecule is C=CCSc1nc2c(c(=O)[nH]1)[C@@H](c1ccc(C)cc1)C(C(=O)OCC)=C(C)N2. The molecule has 146 valence electrons. The van der Waals surface area contributed by atoms with E-state index in [1.807, 2.05) is 31.2 Å². The van der Waals surface area contributed by atoms with Crippen LogP contribution in [0.15, 0.2) is 58.1 Å². The Hall–Kier alpha value is -2.80. The molecule has 6 nitrogen and oxygen atoms in total. The summed E-state index contributed by atoms with van der Waals surface area (Å²) in [5.41, 5.74) is 3.14. The van der Waals surface area contributed by atoms with E-state index in [1.54, 1.807) is 19.9 Å². The summed E-state index contributed by atoms with van der Waals surface area (Å²) in [5, 5.41) is 3.63. The van der Waals surface area contributed by atoms with Crippen LogP contribution in [0.2, 0.25) is 0 Å². The molecular formula is C21H23N3O3S. The van der Waals surface area contributed by atoms with E-state index in [0.717, 1.165) is 11.1 Å². The van der Waals surface area contributed by atoms with Gasteiger partial charge < -0.3 is 15.0 Å². The molecule has 3 rings (SSSR count). The average Bonchev–Trinajstić information content (AvgIpc) is 2.66. The Morgan fingerprint density at radius 3 is 2.68 bits per heavy atom. The summed E-state index contributed by atoms with van der Waals surface area (Å²) in [6, 6.07) is 7.79. The van der Waals surface area contributed by atoms with Gasteiger partial charge in [-0.2, -0.15) is 0 Å². The van der Waals surface area contributed by atoms with Crippen molar-refractivity contribution in [2.75, 3.05) is 17.7 Å². The quantitative estimate of drug-likeness (QED) is 0.334. The summed E-state index contributed by atoms with van der Waals surface area (Å²) >= 11 is 1.39. The number of fused-ring (bicyclic) bond motifs is 1. The van der Waals surface area contributed by atoms with Gasteiger partial charge in [0.05, 0.1) is 23.7 Å². The predicted molar refractivity (Wildman–Crippen MR) is 112 cm³/mol. The molecule has 0 bridgehead atoms. The summed E-state index contributed by atoms with van der Waals surface area (Å²) < 4.78 is 5.27. The first-order chi connectivity index (χ1) is 13.5. The van der Waals surface area contributed by atoms with Crippen LogP contribution in [0.4, 0.5) is 5.82 Å². The molecule has 1 aromatic heterocycles. The van der Waals surface area contributed by atoms with E-state index >= 15 is 0 Å².